The summed E-state index contributed by atoms with van der Waals surface area (Å²) in [6.45, 7) is 10.5. The van der Waals surface area contributed by atoms with Gasteiger partial charge < -0.3 is 19.4 Å². The molecule has 1 N–H and O–H groups in total. The molecule has 0 atom stereocenters. The van der Waals surface area contributed by atoms with Crippen molar-refractivity contribution < 1.29 is 18.8 Å². The quantitative estimate of drug-likeness (QED) is 0.428. The molecular formula is C30H33BN2O4. The third kappa shape index (κ3) is 4.94. The lowest BCUT2D eigenvalue weighted by atomic mass is 9.77. The van der Waals surface area contributed by atoms with Crippen LogP contribution in [-0.2, 0) is 14.0 Å². The van der Waals surface area contributed by atoms with Gasteiger partial charge in [-0.1, -0.05) is 60.7 Å². The maximum atomic E-state index is 12.9. The van der Waals surface area contributed by atoms with Crippen LogP contribution in [0.2, 0.25) is 0 Å². The number of ether oxygens (including phenoxy) is 1. The summed E-state index contributed by atoms with van der Waals surface area (Å²) in [6.07, 6.45) is 3.26. The molecule has 37 heavy (non-hydrogen) atoms. The van der Waals surface area contributed by atoms with Crippen LogP contribution < -0.4 is 5.32 Å². The molecule has 2 heterocycles. The monoisotopic (exact) mass is 496 g/mol. The number of aryl methyl sites for hydroxylation is 1. The van der Waals surface area contributed by atoms with Gasteiger partial charge in [-0.3, -0.25) is 4.98 Å². The maximum absolute atomic E-state index is 12.9. The third-order valence-electron chi connectivity index (χ3n) is 7.73. The number of benzene rings is 2. The number of aromatic nitrogens is 1. The minimum atomic E-state index is -0.599. The summed E-state index contributed by atoms with van der Waals surface area (Å²) >= 11 is 0. The summed E-state index contributed by atoms with van der Waals surface area (Å²) in [5.74, 6) is 0.00861. The number of nitrogens with one attached hydrogen (secondary N) is 1. The molecule has 0 radical (unpaired) electrons. The van der Waals surface area contributed by atoms with Gasteiger partial charge >= 0.3 is 13.2 Å². The lowest BCUT2D eigenvalue weighted by Crippen LogP contribution is -2.41. The molecule has 0 saturated carbocycles. The molecule has 1 aliphatic carbocycles. The number of carbonyl (C=O) groups excluding carboxylic acids is 1. The van der Waals surface area contributed by atoms with Crippen LogP contribution in [0.15, 0.2) is 72.3 Å². The number of rotatable bonds is 6. The maximum Gasteiger partial charge on any atom is 0.492 e. The van der Waals surface area contributed by atoms with Gasteiger partial charge in [0.25, 0.3) is 0 Å². The largest absolute Gasteiger partial charge is 0.492 e. The number of nitrogens with zero attached hydrogens (tertiary/aromatic N) is 1. The van der Waals surface area contributed by atoms with Crippen molar-refractivity contribution in [1.82, 2.24) is 10.3 Å². The Morgan fingerprint density at radius 3 is 2.16 bits per heavy atom. The zero-order valence-corrected chi connectivity index (χ0v) is 22.1. The number of alkyl carbamates (subject to hydrolysis) is 1. The van der Waals surface area contributed by atoms with E-state index in [1.807, 2.05) is 77.1 Å². The van der Waals surface area contributed by atoms with E-state index < -0.39 is 24.4 Å². The first-order chi connectivity index (χ1) is 17.7. The standard InChI is InChI=1S/C30H33BN2O4/c1-20-21(11-10-16-32-20)17-22(31-36-29(2,3)30(4,5)37-31)18-33-28(34)35-19-27-25-14-8-6-12-23(25)24-13-7-9-15-26(24)27/h6-17,27H,18-19H2,1-5H3,(H,33,34). The number of hydrogen-bond acceptors (Lipinski definition) is 5. The van der Waals surface area contributed by atoms with Crippen molar-refractivity contribution in [2.75, 3.05) is 13.2 Å². The molecule has 1 amide bonds. The van der Waals surface area contributed by atoms with Gasteiger partial charge in [0.05, 0.1) is 11.2 Å². The van der Waals surface area contributed by atoms with Crippen molar-refractivity contribution in [2.24, 2.45) is 0 Å². The first kappa shape index (κ1) is 25.2. The molecule has 1 saturated heterocycles. The Bertz CT molecular complexity index is 1290. The second-order valence-corrected chi connectivity index (χ2v) is 10.7. The fraction of sp³-hybridized carbons (Fsp3) is 0.333. The van der Waals surface area contributed by atoms with E-state index in [2.05, 4.69) is 34.6 Å². The zero-order chi connectivity index (χ0) is 26.2. The summed E-state index contributed by atoms with van der Waals surface area (Å²) in [5, 5.41) is 2.92. The van der Waals surface area contributed by atoms with Gasteiger partial charge in [-0.2, -0.15) is 0 Å². The van der Waals surface area contributed by atoms with Gasteiger partial charge in [0.1, 0.15) is 6.61 Å². The number of carbonyl (C=O) groups is 1. The molecule has 3 aromatic rings. The fourth-order valence-corrected chi connectivity index (χ4v) is 4.87. The van der Waals surface area contributed by atoms with Crippen LogP contribution in [-0.4, -0.2) is 42.5 Å². The zero-order valence-electron chi connectivity index (χ0n) is 22.1. The lowest BCUT2D eigenvalue weighted by Gasteiger charge is -2.32. The van der Waals surface area contributed by atoms with E-state index in [4.69, 9.17) is 14.0 Å². The van der Waals surface area contributed by atoms with Crippen molar-refractivity contribution >= 4 is 19.3 Å². The van der Waals surface area contributed by atoms with Gasteiger partial charge in [0.15, 0.2) is 0 Å². The van der Waals surface area contributed by atoms with E-state index in [0.29, 0.717) is 0 Å². The van der Waals surface area contributed by atoms with E-state index in [9.17, 15) is 4.79 Å². The van der Waals surface area contributed by atoms with Gasteiger partial charge in [0, 0.05) is 24.4 Å². The second kappa shape index (κ2) is 9.80. The van der Waals surface area contributed by atoms with Gasteiger partial charge in [-0.25, -0.2) is 4.79 Å². The molecular weight excluding hydrogens is 463 g/mol. The first-order valence-electron chi connectivity index (χ1n) is 12.7. The average molecular weight is 496 g/mol. The van der Waals surface area contributed by atoms with Crippen molar-refractivity contribution in [3.63, 3.8) is 0 Å². The minimum Gasteiger partial charge on any atom is -0.449 e. The molecule has 2 aromatic carbocycles. The summed E-state index contributed by atoms with van der Waals surface area (Å²) in [5.41, 5.74) is 6.40. The van der Waals surface area contributed by atoms with Crippen LogP contribution in [0, 0.1) is 6.92 Å². The third-order valence-corrected chi connectivity index (χ3v) is 7.73. The Morgan fingerprint density at radius 2 is 1.57 bits per heavy atom. The van der Waals surface area contributed by atoms with E-state index in [1.54, 1.807) is 6.20 Å². The molecule has 0 bridgehead atoms. The molecule has 1 fully saturated rings. The molecule has 2 aliphatic rings. The molecule has 6 nitrogen and oxygen atoms in total. The van der Waals surface area contributed by atoms with E-state index in [0.717, 1.165) is 16.7 Å². The topological polar surface area (TPSA) is 69.7 Å². The Morgan fingerprint density at radius 1 is 0.973 bits per heavy atom. The van der Waals surface area contributed by atoms with Crippen LogP contribution in [0.1, 0.15) is 56.0 Å². The van der Waals surface area contributed by atoms with Crippen LogP contribution >= 0.6 is 0 Å². The van der Waals surface area contributed by atoms with Crippen molar-refractivity contribution in [2.45, 2.75) is 51.7 Å². The highest BCUT2D eigenvalue weighted by atomic mass is 16.7. The number of hydrogen-bond donors (Lipinski definition) is 1. The molecule has 1 aliphatic heterocycles. The molecule has 0 spiro atoms. The second-order valence-electron chi connectivity index (χ2n) is 10.7. The van der Waals surface area contributed by atoms with Crippen LogP contribution in [0.5, 0.6) is 0 Å². The summed E-state index contributed by atoms with van der Waals surface area (Å²) in [6, 6.07) is 20.5. The minimum absolute atomic E-state index is 0.00861. The summed E-state index contributed by atoms with van der Waals surface area (Å²) in [4.78, 5) is 17.2. The number of pyridine rings is 1. The summed E-state index contributed by atoms with van der Waals surface area (Å²) < 4.78 is 18.3. The smallest absolute Gasteiger partial charge is 0.449 e. The first-order valence-corrected chi connectivity index (χ1v) is 12.7. The Labute approximate surface area is 219 Å². The van der Waals surface area contributed by atoms with Crippen LogP contribution in [0.25, 0.3) is 17.2 Å². The normalized spacial score (nSPS) is 17.9. The Hall–Kier alpha value is -3.42. The SMILES string of the molecule is Cc1ncccc1C=C(CNC(=O)OCC1c2ccccc2-c2ccccc21)B1OC(C)(C)C(C)(C)O1. The van der Waals surface area contributed by atoms with Gasteiger partial charge in [-0.05, 0) is 74.0 Å². The molecule has 1 aromatic heterocycles. The molecule has 190 valence electrons. The number of fused-ring (bicyclic) bond motifs is 3. The predicted octanol–water partition coefficient (Wildman–Crippen LogP) is 5.94. The molecule has 0 unspecified atom stereocenters. The fourth-order valence-electron chi connectivity index (χ4n) is 4.87. The predicted molar refractivity (Wildman–Crippen MR) is 146 cm³/mol. The van der Waals surface area contributed by atoms with Crippen LogP contribution in [0.3, 0.4) is 0 Å². The van der Waals surface area contributed by atoms with Gasteiger partial charge in [0.2, 0.25) is 0 Å². The highest BCUT2D eigenvalue weighted by molar-refractivity contribution is 6.56. The van der Waals surface area contributed by atoms with Crippen molar-refractivity contribution in [1.29, 1.82) is 0 Å². The highest BCUT2D eigenvalue weighted by Gasteiger charge is 2.52. The highest BCUT2D eigenvalue weighted by Crippen LogP contribution is 2.44. The van der Waals surface area contributed by atoms with E-state index in [1.165, 1.54) is 22.3 Å². The number of amides is 1. The van der Waals surface area contributed by atoms with E-state index in [-0.39, 0.29) is 19.1 Å². The van der Waals surface area contributed by atoms with Crippen LogP contribution in [0.4, 0.5) is 4.79 Å². The summed E-state index contributed by atoms with van der Waals surface area (Å²) in [7, 11) is -0.599. The van der Waals surface area contributed by atoms with Crippen molar-refractivity contribution in [3.8, 4) is 11.1 Å². The van der Waals surface area contributed by atoms with Gasteiger partial charge in [-0.15, -0.1) is 0 Å². The lowest BCUT2D eigenvalue weighted by molar-refractivity contribution is 0.00578. The molecule has 5 rings (SSSR count). The Balaban J connectivity index is 1.30. The Kier molecular flexibility index (Phi) is 6.69. The average Bonchev–Trinajstić information content (AvgIpc) is 3.30. The molecule has 7 heteroatoms. The van der Waals surface area contributed by atoms with E-state index >= 15 is 0 Å². The van der Waals surface area contributed by atoms with Crippen molar-refractivity contribution in [3.05, 3.63) is 94.7 Å².